The minimum atomic E-state index is -0.0198. The van der Waals surface area contributed by atoms with Crippen LogP contribution in [-0.4, -0.2) is 22.2 Å². The van der Waals surface area contributed by atoms with Crippen molar-refractivity contribution in [3.63, 3.8) is 0 Å². The number of rotatable bonds is 4. The van der Waals surface area contributed by atoms with Gasteiger partial charge in [-0.1, -0.05) is 35.9 Å². The van der Waals surface area contributed by atoms with E-state index in [-0.39, 0.29) is 5.91 Å². The van der Waals surface area contributed by atoms with Crippen molar-refractivity contribution in [2.75, 3.05) is 11.4 Å². The number of amides is 1. The molecule has 0 N–H and O–H groups in total. The quantitative estimate of drug-likeness (QED) is 0.735. The molecule has 0 unspecified atom stereocenters. The van der Waals surface area contributed by atoms with Crippen molar-refractivity contribution >= 4 is 11.6 Å². The maximum Gasteiger partial charge on any atom is 0.276 e. The zero-order valence-electron chi connectivity index (χ0n) is 14.1. The Balaban J connectivity index is 1.51. The summed E-state index contributed by atoms with van der Waals surface area (Å²) in [5.74, 6) is 0.773. The van der Waals surface area contributed by atoms with Crippen LogP contribution >= 0.6 is 0 Å². The van der Waals surface area contributed by atoms with E-state index in [1.54, 1.807) is 9.58 Å². The second-order valence-corrected chi connectivity index (χ2v) is 6.14. The second-order valence-electron chi connectivity index (χ2n) is 6.14. The molecule has 126 valence electrons. The molecule has 0 radical (unpaired) electrons. The number of hydrogen-bond donors (Lipinski definition) is 0. The third-order valence-electron chi connectivity index (χ3n) is 4.31. The molecule has 5 nitrogen and oxygen atoms in total. The summed E-state index contributed by atoms with van der Waals surface area (Å²) >= 11 is 0. The van der Waals surface area contributed by atoms with Gasteiger partial charge in [-0.05, 0) is 37.3 Å². The van der Waals surface area contributed by atoms with Gasteiger partial charge in [0.25, 0.3) is 5.91 Å². The standard InChI is InChI=1S/C20H19N3O2/c1-15-7-9-17(10-8-15)22-11-12-23-19(20(22)24)13-16(21-23)14-25-18-5-3-2-4-6-18/h2-10,13H,11-12,14H2,1H3. The number of anilines is 1. The Hall–Kier alpha value is -3.08. The predicted octanol–water partition coefficient (Wildman–Crippen LogP) is 3.43. The third kappa shape index (κ3) is 3.13. The lowest BCUT2D eigenvalue weighted by Crippen LogP contribution is -2.40. The number of para-hydroxylation sites is 1. The van der Waals surface area contributed by atoms with Crippen LogP contribution in [0.2, 0.25) is 0 Å². The maximum atomic E-state index is 12.8. The van der Waals surface area contributed by atoms with E-state index in [1.807, 2.05) is 67.6 Å². The van der Waals surface area contributed by atoms with Crippen molar-refractivity contribution in [1.29, 1.82) is 0 Å². The molecule has 1 aliphatic rings. The third-order valence-corrected chi connectivity index (χ3v) is 4.31. The van der Waals surface area contributed by atoms with Crippen molar-refractivity contribution in [3.8, 4) is 5.75 Å². The minimum Gasteiger partial charge on any atom is -0.487 e. The Morgan fingerprint density at radius 3 is 2.56 bits per heavy atom. The first-order valence-electron chi connectivity index (χ1n) is 8.34. The molecule has 0 spiro atoms. The highest BCUT2D eigenvalue weighted by Crippen LogP contribution is 2.22. The number of carbonyl (C=O) groups is 1. The molecule has 0 bridgehead atoms. The Morgan fingerprint density at radius 2 is 1.80 bits per heavy atom. The van der Waals surface area contributed by atoms with E-state index in [2.05, 4.69) is 5.10 Å². The smallest absolute Gasteiger partial charge is 0.276 e. The Morgan fingerprint density at radius 1 is 1.04 bits per heavy atom. The molecule has 0 fully saturated rings. The number of nitrogens with zero attached hydrogens (tertiary/aromatic N) is 3. The summed E-state index contributed by atoms with van der Waals surface area (Å²) < 4.78 is 7.50. The van der Waals surface area contributed by atoms with Crippen LogP contribution in [0.3, 0.4) is 0 Å². The van der Waals surface area contributed by atoms with Gasteiger partial charge in [0, 0.05) is 12.2 Å². The van der Waals surface area contributed by atoms with E-state index in [0.29, 0.717) is 25.4 Å². The van der Waals surface area contributed by atoms with E-state index in [4.69, 9.17) is 4.74 Å². The second kappa shape index (κ2) is 6.43. The number of fused-ring (bicyclic) bond motifs is 1. The fourth-order valence-corrected chi connectivity index (χ4v) is 2.96. The van der Waals surface area contributed by atoms with Gasteiger partial charge in [-0.3, -0.25) is 9.48 Å². The van der Waals surface area contributed by atoms with E-state index in [9.17, 15) is 4.79 Å². The first kappa shape index (κ1) is 15.4. The molecule has 0 atom stereocenters. The molecule has 2 aromatic carbocycles. The van der Waals surface area contributed by atoms with Gasteiger partial charge in [-0.25, -0.2) is 0 Å². The largest absolute Gasteiger partial charge is 0.487 e. The van der Waals surface area contributed by atoms with Crippen molar-refractivity contribution < 1.29 is 9.53 Å². The zero-order valence-corrected chi connectivity index (χ0v) is 14.1. The lowest BCUT2D eigenvalue weighted by atomic mass is 10.2. The van der Waals surface area contributed by atoms with Crippen molar-refractivity contribution in [3.05, 3.63) is 77.6 Å². The monoisotopic (exact) mass is 333 g/mol. The maximum absolute atomic E-state index is 12.8. The Bertz CT molecular complexity index is 885. The molecule has 0 saturated heterocycles. The van der Waals surface area contributed by atoms with Gasteiger partial charge < -0.3 is 9.64 Å². The average Bonchev–Trinajstić information content (AvgIpc) is 3.06. The van der Waals surface area contributed by atoms with Gasteiger partial charge in [0.1, 0.15) is 23.7 Å². The fourth-order valence-electron chi connectivity index (χ4n) is 2.96. The van der Waals surface area contributed by atoms with Crippen LogP contribution in [0.4, 0.5) is 5.69 Å². The van der Waals surface area contributed by atoms with Crippen LogP contribution in [0.1, 0.15) is 21.7 Å². The van der Waals surface area contributed by atoms with Crippen molar-refractivity contribution in [1.82, 2.24) is 9.78 Å². The van der Waals surface area contributed by atoms with Crippen LogP contribution in [0.15, 0.2) is 60.7 Å². The van der Waals surface area contributed by atoms with Gasteiger partial charge in [0.15, 0.2) is 0 Å². The van der Waals surface area contributed by atoms with Crippen LogP contribution in [0.5, 0.6) is 5.75 Å². The molecule has 2 heterocycles. The molecule has 1 amide bonds. The first-order valence-corrected chi connectivity index (χ1v) is 8.34. The van der Waals surface area contributed by atoms with Crippen LogP contribution < -0.4 is 9.64 Å². The number of hydrogen-bond acceptors (Lipinski definition) is 3. The summed E-state index contributed by atoms with van der Waals surface area (Å²) in [6, 6.07) is 19.4. The number of ether oxygens (including phenoxy) is 1. The highest BCUT2D eigenvalue weighted by Gasteiger charge is 2.27. The lowest BCUT2D eigenvalue weighted by Gasteiger charge is -2.27. The van der Waals surface area contributed by atoms with E-state index >= 15 is 0 Å². The lowest BCUT2D eigenvalue weighted by molar-refractivity contribution is 0.0962. The number of carbonyl (C=O) groups excluding carboxylic acids is 1. The topological polar surface area (TPSA) is 47.4 Å². The first-order chi connectivity index (χ1) is 12.2. The summed E-state index contributed by atoms with van der Waals surface area (Å²) in [5.41, 5.74) is 3.47. The number of aromatic nitrogens is 2. The van der Waals surface area contributed by atoms with Crippen LogP contribution in [0.25, 0.3) is 0 Å². The van der Waals surface area contributed by atoms with E-state index < -0.39 is 0 Å². The molecular formula is C20H19N3O2. The van der Waals surface area contributed by atoms with Crippen LogP contribution in [0, 0.1) is 6.92 Å². The number of aryl methyl sites for hydroxylation is 1. The summed E-state index contributed by atoms with van der Waals surface area (Å²) in [6.45, 7) is 3.69. The fraction of sp³-hybridized carbons (Fsp3) is 0.200. The molecule has 5 heteroatoms. The van der Waals surface area contributed by atoms with Gasteiger partial charge >= 0.3 is 0 Å². The molecule has 3 aromatic rings. The van der Waals surface area contributed by atoms with Gasteiger partial charge in [-0.2, -0.15) is 5.10 Å². The van der Waals surface area contributed by atoms with E-state index in [0.717, 1.165) is 17.1 Å². The molecule has 1 aliphatic heterocycles. The van der Waals surface area contributed by atoms with Gasteiger partial charge in [-0.15, -0.1) is 0 Å². The van der Waals surface area contributed by atoms with Crippen LogP contribution in [-0.2, 0) is 13.2 Å². The predicted molar refractivity (Wildman–Crippen MR) is 95.9 cm³/mol. The normalized spacial score (nSPS) is 13.6. The molecule has 25 heavy (non-hydrogen) atoms. The highest BCUT2D eigenvalue weighted by atomic mass is 16.5. The number of benzene rings is 2. The Kier molecular flexibility index (Phi) is 3.98. The minimum absolute atomic E-state index is 0.0198. The van der Waals surface area contributed by atoms with Gasteiger partial charge in [0.2, 0.25) is 0 Å². The van der Waals surface area contributed by atoms with E-state index in [1.165, 1.54) is 5.56 Å². The van der Waals surface area contributed by atoms with Crippen molar-refractivity contribution in [2.45, 2.75) is 20.1 Å². The molecule has 0 saturated carbocycles. The molecular weight excluding hydrogens is 314 g/mol. The summed E-state index contributed by atoms with van der Waals surface area (Å²) in [5, 5.41) is 4.50. The van der Waals surface area contributed by atoms with Gasteiger partial charge in [0.05, 0.1) is 6.54 Å². The average molecular weight is 333 g/mol. The summed E-state index contributed by atoms with van der Waals surface area (Å²) in [6.07, 6.45) is 0. The molecule has 0 aliphatic carbocycles. The Labute approximate surface area is 146 Å². The SMILES string of the molecule is Cc1ccc(N2CCn3nc(COc4ccccc4)cc3C2=O)cc1. The highest BCUT2D eigenvalue weighted by molar-refractivity contribution is 6.05. The summed E-state index contributed by atoms with van der Waals surface area (Å²) in [4.78, 5) is 14.6. The molecule has 4 rings (SSSR count). The molecule has 1 aromatic heterocycles. The summed E-state index contributed by atoms with van der Waals surface area (Å²) in [7, 11) is 0. The van der Waals surface area contributed by atoms with Crippen molar-refractivity contribution in [2.24, 2.45) is 0 Å². The zero-order chi connectivity index (χ0) is 17.2.